The number of nitrogens with zero attached hydrogens (tertiary/aromatic N) is 1. The number of carbonyl (C=O) groups excluding carboxylic acids is 3. The van der Waals surface area contributed by atoms with Crippen LogP contribution in [0.1, 0.15) is 53.1 Å². The third-order valence-electron chi connectivity index (χ3n) is 3.54. The third kappa shape index (κ3) is 7.42. The molecule has 0 aliphatic heterocycles. The molecular weight excluding hydrogens is 369 g/mol. The Bertz CT molecular complexity index is 696. The molecule has 0 aliphatic rings. The number of carbonyl (C=O) groups is 3. The Hall–Kier alpha value is -2.84. The van der Waals surface area contributed by atoms with E-state index in [9.17, 15) is 18.8 Å². The van der Waals surface area contributed by atoms with Crippen molar-refractivity contribution in [3.8, 4) is 0 Å². The second kappa shape index (κ2) is 10.5. The molecule has 0 heterocycles. The van der Waals surface area contributed by atoms with Crippen LogP contribution in [-0.4, -0.2) is 41.4 Å². The van der Waals surface area contributed by atoms with Crippen LogP contribution in [0.2, 0.25) is 0 Å². The van der Waals surface area contributed by atoms with Gasteiger partial charge in [-0.25, -0.2) is 24.4 Å². The first-order valence-electron chi connectivity index (χ1n) is 9.01. The van der Waals surface area contributed by atoms with Gasteiger partial charge >= 0.3 is 12.2 Å². The zero-order valence-electron chi connectivity index (χ0n) is 17.0. The highest BCUT2D eigenvalue weighted by Crippen LogP contribution is 2.22. The molecule has 0 fully saturated rings. The number of rotatable bonds is 6. The number of hydrogen-bond donors (Lipinski definition) is 2. The van der Waals surface area contributed by atoms with Gasteiger partial charge in [0.25, 0.3) is 0 Å². The molecule has 0 unspecified atom stereocenters. The molecule has 0 bridgehead atoms. The molecule has 1 rings (SSSR count). The van der Waals surface area contributed by atoms with E-state index in [2.05, 4.69) is 10.7 Å². The van der Waals surface area contributed by atoms with Crippen molar-refractivity contribution >= 4 is 18.1 Å². The lowest BCUT2D eigenvalue weighted by Gasteiger charge is -2.34. The standard InChI is InChI=1S/C19H28FN3O5/c1-11(2)27-18(25)22-23(19(26)28-12(3)4)13(5)17(21-14(6)24)15-8-7-9-16(20)10-15/h7-13,17H,1-6H3,(H,21,24)(H,22,25)/t13-,17+/m0/s1. The monoisotopic (exact) mass is 397 g/mol. The minimum absolute atomic E-state index is 0.386. The quantitative estimate of drug-likeness (QED) is 0.718. The summed E-state index contributed by atoms with van der Waals surface area (Å²) in [5, 5.41) is 3.61. The summed E-state index contributed by atoms with van der Waals surface area (Å²) in [4.78, 5) is 36.3. The Kier molecular flexibility index (Phi) is 8.69. The Morgan fingerprint density at radius 1 is 1.04 bits per heavy atom. The van der Waals surface area contributed by atoms with Crippen LogP contribution in [0, 0.1) is 5.82 Å². The topological polar surface area (TPSA) is 97.0 Å². The number of benzene rings is 1. The van der Waals surface area contributed by atoms with Crippen molar-refractivity contribution in [2.24, 2.45) is 0 Å². The number of hydrazine groups is 1. The predicted molar refractivity (Wildman–Crippen MR) is 101 cm³/mol. The molecule has 2 atom stereocenters. The zero-order valence-corrected chi connectivity index (χ0v) is 17.0. The molecule has 1 aromatic carbocycles. The minimum atomic E-state index is -0.858. The van der Waals surface area contributed by atoms with Crippen molar-refractivity contribution < 1.29 is 28.2 Å². The second-order valence-corrected chi connectivity index (χ2v) is 6.84. The van der Waals surface area contributed by atoms with Crippen molar-refractivity contribution in [2.75, 3.05) is 0 Å². The van der Waals surface area contributed by atoms with E-state index in [0.29, 0.717) is 5.56 Å². The van der Waals surface area contributed by atoms with Crippen LogP contribution in [0.4, 0.5) is 14.0 Å². The molecular formula is C19H28FN3O5. The number of amides is 3. The summed E-state index contributed by atoms with van der Waals surface area (Å²) in [5.41, 5.74) is 2.76. The molecule has 0 saturated heterocycles. The lowest BCUT2D eigenvalue weighted by molar-refractivity contribution is -0.120. The van der Waals surface area contributed by atoms with E-state index in [4.69, 9.17) is 9.47 Å². The van der Waals surface area contributed by atoms with E-state index in [0.717, 1.165) is 5.01 Å². The molecule has 3 amide bonds. The van der Waals surface area contributed by atoms with Crippen LogP contribution in [-0.2, 0) is 14.3 Å². The van der Waals surface area contributed by atoms with Gasteiger partial charge in [-0.3, -0.25) is 4.79 Å². The number of halogens is 1. The summed E-state index contributed by atoms with van der Waals surface area (Å²) in [6, 6.07) is 3.98. The van der Waals surface area contributed by atoms with Crippen LogP contribution < -0.4 is 10.7 Å². The fraction of sp³-hybridized carbons (Fsp3) is 0.526. The highest BCUT2D eigenvalue weighted by Gasteiger charge is 2.33. The summed E-state index contributed by atoms with van der Waals surface area (Å²) in [6.07, 6.45) is -2.55. The lowest BCUT2D eigenvalue weighted by atomic mass is 10.00. The van der Waals surface area contributed by atoms with Crippen LogP contribution >= 0.6 is 0 Å². The smallest absolute Gasteiger partial charge is 0.429 e. The minimum Gasteiger partial charge on any atom is -0.446 e. The molecule has 156 valence electrons. The molecule has 1 aromatic rings. The van der Waals surface area contributed by atoms with E-state index < -0.39 is 42.3 Å². The summed E-state index contributed by atoms with van der Waals surface area (Å²) in [7, 11) is 0. The van der Waals surface area contributed by atoms with Gasteiger partial charge in [-0.2, -0.15) is 0 Å². The zero-order chi connectivity index (χ0) is 21.4. The van der Waals surface area contributed by atoms with Crippen LogP contribution in [0.25, 0.3) is 0 Å². The van der Waals surface area contributed by atoms with Crippen molar-refractivity contribution in [2.45, 2.75) is 65.8 Å². The summed E-state index contributed by atoms with van der Waals surface area (Å²) >= 11 is 0. The van der Waals surface area contributed by atoms with Gasteiger partial charge < -0.3 is 14.8 Å². The van der Waals surface area contributed by atoms with E-state index in [-0.39, 0.29) is 5.91 Å². The molecule has 0 aromatic heterocycles. The van der Waals surface area contributed by atoms with Gasteiger partial charge in [0.05, 0.1) is 24.3 Å². The molecule has 2 N–H and O–H groups in total. The molecule has 0 spiro atoms. The fourth-order valence-electron chi connectivity index (χ4n) is 2.46. The van der Waals surface area contributed by atoms with E-state index in [1.807, 2.05) is 0 Å². The molecule has 0 saturated carbocycles. The van der Waals surface area contributed by atoms with Crippen LogP contribution in [0.15, 0.2) is 24.3 Å². The number of hydrogen-bond acceptors (Lipinski definition) is 5. The SMILES string of the molecule is CC(=O)N[C@@H](c1cccc(F)c1)[C@H](C)N(NC(=O)OC(C)C)C(=O)OC(C)C. The maximum absolute atomic E-state index is 13.7. The van der Waals surface area contributed by atoms with Crippen molar-refractivity contribution in [1.82, 2.24) is 15.8 Å². The summed E-state index contributed by atoms with van der Waals surface area (Å²) in [6.45, 7) is 9.52. The Labute approximate surface area is 164 Å². The highest BCUT2D eigenvalue weighted by atomic mass is 19.1. The van der Waals surface area contributed by atoms with Gasteiger partial charge in [0.15, 0.2) is 0 Å². The van der Waals surface area contributed by atoms with Gasteiger partial charge in [0.1, 0.15) is 5.82 Å². The van der Waals surface area contributed by atoms with Crippen molar-refractivity contribution in [1.29, 1.82) is 0 Å². The first-order valence-corrected chi connectivity index (χ1v) is 9.01. The molecule has 28 heavy (non-hydrogen) atoms. The third-order valence-corrected chi connectivity index (χ3v) is 3.54. The van der Waals surface area contributed by atoms with Gasteiger partial charge in [0.2, 0.25) is 5.91 Å². The first kappa shape index (κ1) is 23.2. The number of nitrogens with one attached hydrogen (secondary N) is 2. The van der Waals surface area contributed by atoms with E-state index in [1.165, 1.54) is 25.1 Å². The average Bonchev–Trinajstić information content (AvgIpc) is 2.55. The predicted octanol–water partition coefficient (Wildman–Crippen LogP) is 3.29. The first-order chi connectivity index (χ1) is 13.0. The molecule has 0 radical (unpaired) electrons. The van der Waals surface area contributed by atoms with Crippen molar-refractivity contribution in [3.05, 3.63) is 35.6 Å². The summed E-state index contributed by atoms with van der Waals surface area (Å²) < 4.78 is 23.9. The summed E-state index contributed by atoms with van der Waals surface area (Å²) in [5.74, 6) is -0.883. The van der Waals surface area contributed by atoms with Gasteiger partial charge in [-0.15, -0.1) is 0 Å². The van der Waals surface area contributed by atoms with Crippen LogP contribution in [0.3, 0.4) is 0 Å². The molecule has 8 nitrogen and oxygen atoms in total. The number of ether oxygens (including phenoxy) is 2. The second-order valence-electron chi connectivity index (χ2n) is 6.84. The molecule has 0 aliphatic carbocycles. The highest BCUT2D eigenvalue weighted by molar-refractivity contribution is 5.75. The van der Waals surface area contributed by atoms with Crippen molar-refractivity contribution in [3.63, 3.8) is 0 Å². The molecule has 9 heteroatoms. The van der Waals surface area contributed by atoms with Gasteiger partial charge in [-0.1, -0.05) is 12.1 Å². The lowest BCUT2D eigenvalue weighted by Crippen LogP contribution is -2.56. The van der Waals surface area contributed by atoms with E-state index in [1.54, 1.807) is 40.7 Å². The maximum Gasteiger partial charge on any atom is 0.429 e. The average molecular weight is 397 g/mol. The fourth-order valence-corrected chi connectivity index (χ4v) is 2.46. The van der Waals surface area contributed by atoms with Gasteiger partial charge in [-0.05, 0) is 52.3 Å². The Morgan fingerprint density at radius 3 is 2.14 bits per heavy atom. The maximum atomic E-state index is 13.7. The largest absolute Gasteiger partial charge is 0.446 e. The van der Waals surface area contributed by atoms with E-state index >= 15 is 0 Å². The normalized spacial score (nSPS) is 12.9. The van der Waals surface area contributed by atoms with Gasteiger partial charge in [0, 0.05) is 6.92 Å². The Balaban J connectivity index is 3.22. The Morgan fingerprint density at radius 2 is 1.64 bits per heavy atom. The van der Waals surface area contributed by atoms with Crippen LogP contribution in [0.5, 0.6) is 0 Å².